The zero-order valence-corrected chi connectivity index (χ0v) is 7.64. The van der Waals surface area contributed by atoms with E-state index >= 15 is 0 Å². The fourth-order valence-corrected chi connectivity index (χ4v) is 4.26. The Hall–Kier alpha value is 0.660. The summed E-state index contributed by atoms with van der Waals surface area (Å²) in [6, 6.07) is 0. The average molecular weight is 175 g/mol. The van der Waals surface area contributed by atoms with E-state index in [2.05, 4.69) is 28.8 Å². The van der Waals surface area contributed by atoms with E-state index in [0.29, 0.717) is 0 Å². The highest BCUT2D eigenvalue weighted by Crippen LogP contribution is 2.30. The minimum Gasteiger partial charge on any atom is -0.316 e. The van der Waals surface area contributed by atoms with Gasteiger partial charge in [0.15, 0.2) is 0 Å². The molecular weight excluding hydrogens is 162 g/mol. The van der Waals surface area contributed by atoms with Crippen molar-refractivity contribution in [3.8, 4) is 0 Å². The summed E-state index contributed by atoms with van der Waals surface area (Å²) in [5.41, 5.74) is 0. The molecule has 0 saturated carbocycles. The predicted molar refractivity (Wildman–Crippen MR) is 49.6 cm³/mol. The van der Waals surface area contributed by atoms with Crippen molar-refractivity contribution in [2.75, 3.05) is 29.7 Å². The summed E-state index contributed by atoms with van der Waals surface area (Å²) in [5.74, 6) is 4.76. The van der Waals surface area contributed by atoms with E-state index in [4.69, 9.17) is 0 Å². The SMILES string of the molecule is C1SC[C@H]2CNC[C@H]2CS1. The zero-order chi connectivity index (χ0) is 6.81. The molecule has 2 rings (SSSR count). The molecule has 0 aromatic heterocycles. The molecule has 0 aromatic rings. The summed E-state index contributed by atoms with van der Waals surface area (Å²) in [7, 11) is 0. The molecule has 2 aliphatic rings. The second kappa shape index (κ2) is 3.37. The standard InChI is InChI=1S/C7H13NS2/c1-6-3-9-5-10-4-7(6)2-8-1/h6-8H,1-5H2/t6-,7+. The maximum Gasteiger partial charge on any atom is 0.0392 e. The van der Waals surface area contributed by atoms with Crippen LogP contribution >= 0.6 is 23.5 Å². The monoisotopic (exact) mass is 175 g/mol. The second-order valence-corrected chi connectivity index (χ2v) is 5.46. The van der Waals surface area contributed by atoms with E-state index in [-0.39, 0.29) is 0 Å². The van der Waals surface area contributed by atoms with Crippen molar-refractivity contribution in [1.82, 2.24) is 5.32 Å². The summed E-state index contributed by atoms with van der Waals surface area (Å²) in [6.07, 6.45) is 0. The van der Waals surface area contributed by atoms with Gasteiger partial charge in [-0.3, -0.25) is 0 Å². The molecule has 2 heterocycles. The van der Waals surface area contributed by atoms with Gasteiger partial charge in [-0.05, 0) is 36.4 Å². The highest BCUT2D eigenvalue weighted by atomic mass is 32.2. The Bertz CT molecular complexity index is 106. The minimum absolute atomic E-state index is 0.986. The van der Waals surface area contributed by atoms with Crippen LogP contribution in [0.15, 0.2) is 0 Å². The normalized spacial score (nSPS) is 40.8. The number of nitrogens with one attached hydrogen (secondary N) is 1. The van der Waals surface area contributed by atoms with Crippen LogP contribution in [-0.2, 0) is 0 Å². The first kappa shape index (κ1) is 7.32. The fraction of sp³-hybridized carbons (Fsp3) is 1.00. The predicted octanol–water partition coefficient (Wildman–Crippen LogP) is 1.26. The molecule has 10 heavy (non-hydrogen) atoms. The van der Waals surface area contributed by atoms with Crippen LogP contribution in [0.25, 0.3) is 0 Å². The number of thioether (sulfide) groups is 2. The summed E-state index contributed by atoms with van der Waals surface area (Å²) in [4.78, 5) is 0. The first-order valence-corrected chi connectivity index (χ1v) is 6.14. The molecule has 0 radical (unpaired) electrons. The molecule has 0 aromatic carbocycles. The number of fused-ring (bicyclic) bond motifs is 1. The van der Waals surface area contributed by atoms with Crippen molar-refractivity contribution in [3.63, 3.8) is 0 Å². The number of rotatable bonds is 0. The van der Waals surface area contributed by atoms with Crippen LogP contribution in [0.3, 0.4) is 0 Å². The van der Waals surface area contributed by atoms with Gasteiger partial charge >= 0.3 is 0 Å². The van der Waals surface area contributed by atoms with Gasteiger partial charge in [-0.25, -0.2) is 0 Å². The summed E-state index contributed by atoms with van der Waals surface area (Å²) < 4.78 is 0. The fourth-order valence-electron chi connectivity index (χ4n) is 1.64. The largest absolute Gasteiger partial charge is 0.316 e. The molecule has 2 saturated heterocycles. The average Bonchev–Trinajstić information content (AvgIpc) is 2.28. The summed E-state index contributed by atoms with van der Waals surface area (Å²) in [6.45, 7) is 2.55. The molecular formula is C7H13NS2. The van der Waals surface area contributed by atoms with Crippen LogP contribution < -0.4 is 5.32 Å². The molecule has 0 spiro atoms. The maximum absolute atomic E-state index is 3.47. The van der Waals surface area contributed by atoms with Crippen molar-refractivity contribution in [3.05, 3.63) is 0 Å². The lowest BCUT2D eigenvalue weighted by molar-refractivity contribution is 0.512. The van der Waals surface area contributed by atoms with Crippen molar-refractivity contribution in [2.45, 2.75) is 0 Å². The lowest BCUT2D eigenvalue weighted by Crippen LogP contribution is -2.14. The van der Waals surface area contributed by atoms with Crippen LogP contribution in [0.1, 0.15) is 0 Å². The highest BCUT2D eigenvalue weighted by molar-refractivity contribution is 8.16. The van der Waals surface area contributed by atoms with E-state index in [9.17, 15) is 0 Å². The van der Waals surface area contributed by atoms with E-state index in [1.807, 2.05) is 0 Å². The van der Waals surface area contributed by atoms with Crippen molar-refractivity contribution >= 4 is 23.5 Å². The smallest absolute Gasteiger partial charge is 0.0392 e. The topological polar surface area (TPSA) is 12.0 Å². The van der Waals surface area contributed by atoms with Crippen LogP contribution in [0, 0.1) is 11.8 Å². The Kier molecular flexibility index (Phi) is 2.47. The van der Waals surface area contributed by atoms with Crippen LogP contribution in [0.4, 0.5) is 0 Å². The third-order valence-electron chi connectivity index (χ3n) is 2.31. The Morgan fingerprint density at radius 1 is 1.00 bits per heavy atom. The Balaban J connectivity index is 1.95. The van der Waals surface area contributed by atoms with Crippen molar-refractivity contribution < 1.29 is 0 Å². The van der Waals surface area contributed by atoms with Crippen molar-refractivity contribution in [2.24, 2.45) is 11.8 Å². The van der Waals surface area contributed by atoms with Gasteiger partial charge < -0.3 is 5.32 Å². The first-order valence-electron chi connectivity index (χ1n) is 3.83. The second-order valence-electron chi connectivity index (χ2n) is 3.04. The van der Waals surface area contributed by atoms with E-state index in [1.165, 1.54) is 29.7 Å². The van der Waals surface area contributed by atoms with E-state index < -0.39 is 0 Å². The third kappa shape index (κ3) is 1.46. The van der Waals surface area contributed by atoms with Crippen LogP contribution in [0.2, 0.25) is 0 Å². The highest BCUT2D eigenvalue weighted by Gasteiger charge is 2.28. The maximum atomic E-state index is 3.47. The molecule has 2 aliphatic heterocycles. The van der Waals surface area contributed by atoms with Gasteiger partial charge in [0.25, 0.3) is 0 Å². The zero-order valence-electron chi connectivity index (χ0n) is 6.01. The van der Waals surface area contributed by atoms with E-state index in [0.717, 1.165) is 11.8 Å². The summed E-state index contributed by atoms with van der Waals surface area (Å²) >= 11 is 4.23. The number of hydrogen-bond acceptors (Lipinski definition) is 3. The minimum atomic E-state index is 0.986. The van der Waals surface area contributed by atoms with Gasteiger partial charge in [0.2, 0.25) is 0 Å². The molecule has 2 atom stereocenters. The first-order chi connectivity index (χ1) is 4.97. The molecule has 0 aliphatic carbocycles. The van der Waals surface area contributed by atoms with Gasteiger partial charge in [0.1, 0.15) is 0 Å². The molecule has 1 N–H and O–H groups in total. The van der Waals surface area contributed by atoms with Gasteiger partial charge in [-0.15, -0.1) is 0 Å². The van der Waals surface area contributed by atoms with Gasteiger partial charge in [-0.1, -0.05) is 0 Å². The van der Waals surface area contributed by atoms with Gasteiger partial charge in [-0.2, -0.15) is 23.5 Å². The molecule has 58 valence electrons. The number of hydrogen-bond donors (Lipinski definition) is 1. The quantitative estimate of drug-likeness (QED) is 0.595. The Labute approximate surface area is 70.7 Å². The molecule has 0 unspecified atom stereocenters. The van der Waals surface area contributed by atoms with Crippen LogP contribution in [-0.4, -0.2) is 29.7 Å². The molecule has 2 fully saturated rings. The van der Waals surface area contributed by atoms with Crippen LogP contribution in [0.5, 0.6) is 0 Å². The lowest BCUT2D eigenvalue weighted by atomic mass is 10.0. The Morgan fingerprint density at radius 2 is 1.60 bits per heavy atom. The molecule has 0 bridgehead atoms. The molecule has 3 heteroatoms. The van der Waals surface area contributed by atoms with Gasteiger partial charge in [0.05, 0.1) is 0 Å². The van der Waals surface area contributed by atoms with Crippen molar-refractivity contribution in [1.29, 1.82) is 0 Å². The van der Waals surface area contributed by atoms with E-state index in [1.54, 1.807) is 0 Å². The molecule has 0 amide bonds. The van der Waals surface area contributed by atoms with Gasteiger partial charge in [0, 0.05) is 5.08 Å². The lowest BCUT2D eigenvalue weighted by Gasteiger charge is -2.11. The Morgan fingerprint density at radius 3 is 2.20 bits per heavy atom. The third-order valence-corrected chi connectivity index (χ3v) is 4.97. The molecule has 1 nitrogen and oxygen atoms in total. The summed E-state index contributed by atoms with van der Waals surface area (Å²) in [5, 5.41) is 4.79.